The molecule has 11 heteroatoms. The predicted molar refractivity (Wildman–Crippen MR) is 70.7 cm³/mol. The van der Waals surface area contributed by atoms with E-state index in [1.807, 2.05) is 0 Å². The molecule has 0 heterocycles. The summed E-state index contributed by atoms with van der Waals surface area (Å²) in [6.07, 6.45) is -6.39. The molecule has 0 spiro atoms. The second-order valence-electron chi connectivity index (χ2n) is 5.85. The topological polar surface area (TPSA) is 29.5 Å². The number of hydrogen-bond donors (Lipinski definition) is 1. The number of aliphatic hydroxyl groups is 1. The van der Waals surface area contributed by atoms with E-state index < -0.39 is 82.1 Å². The van der Waals surface area contributed by atoms with Crippen LogP contribution in [0.3, 0.4) is 0 Å². The third kappa shape index (κ3) is 3.27. The third-order valence-corrected chi connectivity index (χ3v) is 4.87. The first-order valence-electron chi connectivity index (χ1n) is 6.97. The molecule has 1 N–H and O–H groups in total. The molecular formula is C14H10F8O2S. The Kier molecular flexibility index (Phi) is 4.18. The summed E-state index contributed by atoms with van der Waals surface area (Å²) >= 11 is -0.778. The Morgan fingerprint density at radius 2 is 1.76 bits per heavy atom. The highest BCUT2D eigenvalue weighted by Crippen LogP contribution is 2.59. The van der Waals surface area contributed by atoms with Gasteiger partial charge in [0.15, 0.2) is 6.17 Å². The fourth-order valence-electron chi connectivity index (χ4n) is 2.64. The summed E-state index contributed by atoms with van der Waals surface area (Å²) in [7, 11) is 0. The van der Waals surface area contributed by atoms with Crippen molar-refractivity contribution in [1.29, 1.82) is 0 Å². The summed E-state index contributed by atoms with van der Waals surface area (Å²) < 4.78 is 110. The molecule has 1 aromatic rings. The van der Waals surface area contributed by atoms with E-state index in [-0.39, 0.29) is 0 Å². The van der Waals surface area contributed by atoms with Crippen molar-refractivity contribution < 1.29 is 45.0 Å². The summed E-state index contributed by atoms with van der Waals surface area (Å²) in [6, 6.07) is 1.56. The Labute approximate surface area is 140 Å². The first-order chi connectivity index (χ1) is 11.3. The van der Waals surface area contributed by atoms with Gasteiger partial charge in [-0.2, -0.15) is 22.0 Å². The van der Waals surface area contributed by atoms with Gasteiger partial charge in [0, 0.05) is 22.4 Å². The maximum atomic E-state index is 14.1. The number of thioether (sulfide) groups is 1. The van der Waals surface area contributed by atoms with Gasteiger partial charge in [0.2, 0.25) is 0 Å². The van der Waals surface area contributed by atoms with Crippen LogP contribution in [-0.4, -0.2) is 29.1 Å². The van der Waals surface area contributed by atoms with Crippen LogP contribution >= 0.6 is 11.8 Å². The molecular weight excluding hydrogens is 384 g/mol. The molecule has 3 atom stereocenters. The van der Waals surface area contributed by atoms with Crippen molar-refractivity contribution in [3.05, 3.63) is 23.3 Å². The van der Waals surface area contributed by atoms with Crippen LogP contribution < -0.4 is 4.74 Å². The summed E-state index contributed by atoms with van der Waals surface area (Å²) in [5.74, 6) is -9.06. The first kappa shape index (κ1) is 18.6. The van der Waals surface area contributed by atoms with Crippen LogP contribution in [0.15, 0.2) is 17.0 Å². The molecule has 2 nitrogen and oxygen atoms in total. The Bertz CT molecular complexity index is 690. The van der Waals surface area contributed by atoms with E-state index in [0.717, 1.165) is 12.1 Å². The quantitative estimate of drug-likeness (QED) is 0.574. The highest BCUT2D eigenvalue weighted by atomic mass is 32.2. The van der Waals surface area contributed by atoms with Gasteiger partial charge in [-0.25, -0.2) is 13.2 Å². The Balaban J connectivity index is 1.96. The molecule has 0 bridgehead atoms. The molecule has 0 unspecified atom stereocenters. The van der Waals surface area contributed by atoms with Gasteiger partial charge in [0.25, 0.3) is 5.92 Å². The molecule has 2 aliphatic rings. The zero-order valence-electron chi connectivity index (χ0n) is 12.1. The maximum absolute atomic E-state index is 14.1. The molecule has 1 fully saturated rings. The van der Waals surface area contributed by atoms with Gasteiger partial charge >= 0.3 is 11.4 Å². The summed E-state index contributed by atoms with van der Waals surface area (Å²) in [5.41, 5.74) is -6.72. The van der Waals surface area contributed by atoms with Crippen LogP contribution in [0, 0.1) is 5.92 Å². The Morgan fingerprint density at radius 1 is 1.16 bits per heavy atom. The minimum absolute atomic E-state index is 0.477. The van der Waals surface area contributed by atoms with E-state index in [4.69, 9.17) is 4.74 Å². The molecule has 2 aliphatic carbocycles. The normalized spacial score (nSPS) is 29.4. The molecule has 0 aliphatic heterocycles. The number of aliphatic hydroxyl groups excluding tert-OH is 1. The summed E-state index contributed by atoms with van der Waals surface area (Å²) in [5, 5.41) is 9.61. The lowest BCUT2D eigenvalue weighted by atomic mass is 10.1. The zero-order valence-corrected chi connectivity index (χ0v) is 12.9. The lowest BCUT2D eigenvalue weighted by Gasteiger charge is -2.16. The highest BCUT2D eigenvalue weighted by Gasteiger charge is 2.60. The third-order valence-electron chi connectivity index (χ3n) is 4.06. The second-order valence-corrected chi connectivity index (χ2v) is 6.96. The van der Waals surface area contributed by atoms with E-state index >= 15 is 0 Å². The number of benzene rings is 1. The van der Waals surface area contributed by atoms with Crippen molar-refractivity contribution in [2.45, 2.75) is 40.9 Å². The van der Waals surface area contributed by atoms with Crippen LogP contribution in [-0.2, 0) is 0 Å². The number of alkyl halides is 8. The molecule has 0 aromatic heterocycles. The summed E-state index contributed by atoms with van der Waals surface area (Å²) in [4.78, 5) is -0.793. The number of halogens is 8. The van der Waals surface area contributed by atoms with Gasteiger partial charge < -0.3 is 9.84 Å². The fourth-order valence-corrected chi connectivity index (χ4v) is 3.36. The van der Waals surface area contributed by atoms with Crippen molar-refractivity contribution in [2.75, 3.05) is 6.61 Å². The van der Waals surface area contributed by atoms with Gasteiger partial charge in [-0.3, -0.25) is 0 Å². The number of hydrogen-bond acceptors (Lipinski definition) is 3. The van der Waals surface area contributed by atoms with Gasteiger partial charge in [0.1, 0.15) is 11.9 Å². The van der Waals surface area contributed by atoms with E-state index in [2.05, 4.69) is 0 Å². The maximum Gasteiger partial charge on any atom is 0.446 e. The lowest BCUT2D eigenvalue weighted by Crippen LogP contribution is -2.24. The van der Waals surface area contributed by atoms with Crippen LogP contribution in [0.1, 0.15) is 29.8 Å². The SMILES string of the molecule is O[C@H]1c2c(SC(F)(F)F)ccc(OC[C@@H]3CC3(F)F)c2[C@@H](F)C1(F)F. The van der Waals surface area contributed by atoms with Crippen molar-refractivity contribution in [2.24, 2.45) is 5.92 Å². The molecule has 0 amide bonds. The smallest absolute Gasteiger partial charge is 0.446 e. The van der Waals surface area contributed by atoms with Crippen molar-refractivity contribution in [3.63, 3.8) is 0 Å². The van der Waals surface area contributed by atoms with Gasteiger partial charge in [-0.05, 0) is 23.9 Å². The zero-order chi connectivity index (χ0) is 18.8. The van der Waals surface area contributed by atoms with Gasteiger partial charge in [-0.15, -0.1) is 0 Å². The van der Waals surface area contributed by atoms with E-state index in [1.54, 1.807) is 0 Å². The van der Waals surface area contributed by atoms with Crippen molar-refractivity contribution in [1.82, 2.24) is 0 Å². The molecule has 3 rings (SSSR count). The second kappa shape index (κ2) is 5.63. The van der Waals surface area contributed by atoms with E-state index in [1.165, 1.54) is 0 Å². The number of rotatable bonds is 4. The average molecular weight is 394 g/mol. The molecule has 140 valence electrons. The lowest BCUT2D eigenvalue weighted by molar-refractivity contribution is -0.144. The molecule has 25 heavy (non-hydrogen) atoms. The molecule has 0 saturated heterocycles. The van der Waals surface area contributed by atoms with Crippen LogP contribution in [0.4, 0.5) is 35.1 Å². The van der Waals surface area contributed by atoms with E-state index in [0.29, 0.717) is 0 Å². The standard InChI is InChI=1S/C14H10F8O2S/c15-10-8-6(24-4-5-3-12(5,16)17)1-2-7(25-14(20,21)22)9(8)11(23)13(10,18)19/h1-2,5,10-11,23H,3-4H2/t5-,10+,11-/m0/s1. The summed E-state index contributed by atoms with van der Waals surface area (Å²) in [6.45, 7) is -0.598. The predicted octanol–water partition coefficient (Wildman–Crippen LogP) is 5.03. The van der Waals surface area contributed by atoms with Gasteiger partial charge in [-0.1, -0.05) is 0 Å². The van der Waals surface area contributed by atoms with E-state index in [9.17, 15) is 40.2 Å². The average Bonchev–Trinajstić information content (AvgIpc) is 3.03. The van der Waals surface area contributed by atoms with Crippen molar-refractivity contribution in [3.8, 4) is 5.75 Å². The Hall–Kier alpha value is -1.23. The van der Waals surface area contributed by atoms with Crippen LogP contribution in [0.2, 0.25) is 0 Å². The molecule has 0 radical (unpaired) electrons. The first-order valence-corrected chi connectivity index (χ1v) is 7.79. The fraction of sp³-hybridized carbons (Fsp3) is 0.571. The van der Waals surface area contributed by atoms with Crippen molar-refractivity contribution >= 4 is 11.8 Å². The number of ether oxygens (including phenoxy) is 1. The Morgan fingerprint density at radius 3 is 2.28 bits per heavy atom. The minimum Gasteiger partial charge on any atom is -0.493 e. The van der Waals surface area contributed by atoms with Crippen LogP contribution in [0.25, 0.3) is 0 Å². The number of fused-ring (bicyclic) bond motifs is 1. The monoisotopic (exact) mass is 394 g/mol. The molecule has 1 saturated carbocycles. The minimum atomic E-state index is -4.85. The van der Waals surface area contributed by atoms with Gasteiger partial charge in [0.05, 0.1) is 12.5 Å². The largest absolute Gasteiger partial charge is 0.493 e. The highest BCUT2D eigenvalue weighted by molar-refractivity contribution is 8.00. The van der Waals surface area contributed by atoms with Crippen LogP contribution in [0.5, 0.6) is 5.75 Å². The molecule has 1 aromatic carbocycles.